The van der Waals surface area contributed by atoms with Crippen LogP contribution in [0, 0.1) is 0 Å². The fourth-order valence-electron chi connectivity index (χ4n) is 1.87. The van der Waals surface area contributed by atoms with Gasteiger partial charge in [0.2, 0.25) is 0 Å². The van der Waals surface area contributed by atoms with E-state index >= 15 is 0 Å². The summed E-state index contributed by atoms with van der Waals surface area (Å²) < 4.78 is 0.874. The summed E-state index contributed by atoms with van der Waals surface area (Å²) in [5, 5.41) is 7.14. The van der Waals surface area contributed by atoms with Gasteiger partial charge in [-0.25, -0.2) is 4.98 Å². The predicted molar refractivity (Wildman–Crippen MR) is 99.8 cm³/mol. The molecule has 0 bridgehead atoms. The first kappa shape index (κ1) is 16.1. The molecule has 0 aliphatic carbocycles. The number of halogens is 2. The van der Waals surface area contributed by atoms with Gasteiger partial charge in [0.05, 0.1) is 20.3 Å². The van der Waals surface area contributed by atoms with Crippen molar-refractivity contribution in [2.24, 2.45) is 0 Å². The Morgan fingerprint density at radius 1 is 1.13 bits per heavy atom. The molecule has 4 nitrogen and oxygen atoms in total. The molecule has 1 amide bonds. The molecule has 0 spiro atoms. The third-order valence-electron chi connectivity index (χ3n) is 2.91. The van der Waals surface area contributed by atoms with Crippen LogP contribution in [0.15, 0.2) is 42.5 Å². The first-order valence-electron chi connectivity index (χ1n) is 6.46. The normalized spacial score (nSPS) is 10.5. The van der Waals surface area contributed by atoms with Crippen molar-refractivity contribution in [1.29, 1.82) is 0 Å². The molecular formula is C15H9Cl2N3OS2. The molecule has 0 aliphatic rings. The van der Waals surface area contributed by atoms with Crippen LogP contribution in [-0.2, 0) is 0 Å². The highest BCUT2D eigenvalue weighted by Gasteiger charge is 2.11. The third kappa shape index (κ3) is 3.79. The number of thiazole rings is 1. The molecule has 0 fully saturated rings. The summed E-state index contributed by atoms with van der Waals surface area (Å²) in [6.45, 7) is 0. The van der Waals surface area contributed by atoms with Gasteiger partial charge in [-0.2, -0.15) is 0 Å². The molecule has 0 radical (unpaired) electrons. The molecule has 0 aliphatic heterocycles. The molecule has 23 heavy (non-hydrogen) atoms. The molecule has 8 heteroatoms. The van der Waals surface area contributed by atoms with E-state index in [1.165, 1.54) is 11.3 Å². The van der Waals surface area contributed by atoms with Crippen molar-refractivity contribution in [3.8, 4) is 0 Å². The summed E-state index contributed by atoms with van der Waals surface area (Å²) in [5.41, 5.74) is 1.24. The number of aromatic nitrogens is 1. The molecule has 0 saturated heterocycles. The third-order valence-corrected chi connectivity index (χ3v) is 4.77. The Kier molecular flexibility index (Phi) is 4.77. The highest BCUT2D eigenvalue weighted by atomic mass is 35.5. The summed E-state index contributed by atoms with van der Waals surface area (Å²) in [6, 6.07) is 12.3. The van der Waals surface area contributed by atoms with Crippen LogP contribution in [0.1, 0.15) is 10.4 Å². The van der Waals surface area contributed by atoms with Crippen LogP contribution in [0.4, 0.5) is 5.13 Å². The van der Waals surface area contributed by atoms with Gasteiger partial charge in [-0.1, -0.05) is 52.7 Å². The fraction of sp³-hybridized carbons (Fsp3) is 0. The molecule has 3 aromatic rings. The SMILES string of the molecule is O=C(NC(=S)Nc1nc2cc(Cl)c(Cl)cc2s1)c1ccccc1. The van der Waals surface area contributed by atoms with Gasteiger partial charge in [0.1, 0.15) is 0 Å². The zero-order valence-corrected chi connectivity index (χ0v) is 14.6. The van der Waals surface area contributed by atoms with Gasteiger partial charge in [-0.3, -0.25) is 10.1 Å². The van der Waals surface area contributed by atoms with E-state index in [1.54, 1.807) is 36.4 Å². The number of nitrogens with one attached hydrogen (secondary N) is 2. The summed E-state index contributed by atoms with van der Waals surface area (Å²) in [4.78, 5) is 16.4. The van der Waals surface area contributed by atoms with Crippen molar-refractivity contribution in [3.05, 3.63) is 58.1 Å². The number of hydrogen-bond acceptors (Lipinski definition) is 4. The molecule has 1 heterocycles. The topological polar surface area (TPSA) is 54.0 Å². The second-order valence-electron chi connectivity index (χ2n) is 4.53. The smallest absolute Gasteiger partial charge is 0.257 e. The second-order valence-corrected chi connectivity index (χ2v) is 6.78. The maximum absolute atomic E-state index is 12.0. The zero-order chi connectivity index (χ0) is 16.4. The lowest BCUT2D eigenvalue weighted by atomic mass is 10.2. The first-order chi connectivity index (χ1) is 11.0. The van der Waals surface area contributed by atoms with Crippen molar-refractivity contribution in [2.45, 2.75) is 0 Å². The standard InChI is InChI=1S/C15H9Cl2N3OS2/c16-9-6-11-12(7-10(9)17)23-15(18-11)20-14(22)19-13(21)8-4-2-1-3-5-8/h1-7H,(H2,18,19,20,21,22). The lowest BCUT2D eigenvalue weighted by Gasteiger charge is -2.06. The minimum absolute atomic E-state index is 0.176. The van der Waals surface area contributed by atoms with Crippen LogP contribution >= 0.6 is 46.8 Å². The monoisotopic (exact) mass is 381 g/mol. The molecule has 0 atom stereocenters. The van der Waals surface area contributed by atoms with E-state index in [0.717, 1.165) is 4.70 Å². The zero-order valence-electron chi connectivity index (χ0n) is 11.5. The highest BCUT2D eigenvalue weighted by Crippen LogP contribution is 2.32. The van der Waals surface area contributed by atoms with Gasteiger partial charge in [0, 0.05) is 5.56 Å². The maximum Gasteiger partial charge on any atom is 0.257 e. The van der Waals surface area contributed by atoms with E-state index < -0.39 is 0 Å². The Morgan fingerprint density at radius 3 is 2.57 bits per heavy atom. The number of hydrogen-bond donors (Lipinski definition) is 2. The lowest BCUT2D eigenvalue weighted by molar-refractivity contribution is 0.0978. The summed E-state index contributed by atoms with van der Waals surface area (Å²) in [7, 11) is 0. The quantitative estimate of drug-likeness (QED) is 0.630. The van der Waals surface area contributed by atoms with Crippen LogP contribution in [0.25, 0.3) is 10.2 Å². The number of carbonyl (C=O) groups is 1. The average molecular weight is 382 g/mol. The van der Waals surface area contributed by atoms with Gasteiger partial charge >= 0.3 is 0 Å². The van der Waals surface area contributed by atoms with Crippen molar-refractivity contribution in [1.82, 2.24) is 10.3 Å². The summed E-state index contributed by atoms with van der Waals surface area (Å²) in [5.74, 6) is -0.282. The molecule has 2 aromatic carbocycles. The highest BCUT2D eigenvalue weighted by molar-refractivity contribution is 7.80. The Bertz CT molecular complexity index is 857. The number of thiocarbonyl (C=S) groups is 1. The summed E-state index contributed by atoms with van der Waals surface area (Å²) in [6.07, 6.45) is 0. The van der Waals surface area contributed by atoms with E-state index in [1.807, 2.05) is 6.07 Å². The van der Waals surface area contributed by atoms with Crippen molar-refractivity contribution >= 4 is 73.1 Å². The number of carbonyl (C=O) groups excluding carboxylic acids is 1. The van der Waals surface area contributed by atoms with E-state index in [4.69, 9.17) is 35.4 Å². The van der Waals surface area contributed by atoms with E-state index in [-0.39, 0.29) is 11.0 Å². The molecule has 116 valence electrons. The predicted octanol–water partition coefficient (Wildman–Crippen LogP) is 4.73. The molecule has 3 rings (SSSR count). The van der Waals surface area contributed by atoms with Crippen LogP contribution in [0.5, 0.6) is 0 Å². The van der Waals surface area contributed by atoms with Crippen molar-refractivity contribution < 1.29 is 4.79 Å². The van der Waals surface area contributed by atoms with E-state index in [0.29, 0.717) is 26.3 Å². The Morgan fingerprint density at radius 2 is 1.83 bits per heavy atom. The number of nitrogens with zero attached hydrogens (tertiary/aromatic N) is 1. The maximum atomic E-state index is 12.0. The van der Waals surface area contributed by atoms with Gasteiger partial charge in [0.25, 0.3) is 5.91 Å². The Balaban J connectivity index is 1.72. The largest absolute Gasteiger partial charge is 0.308 e. The fourth-order valence-corrected chi connectivity index (χ4v) is 3.40. The van der Waals surface area contributed by atoms with Crippen LogP contribution in [0.2, 0.25) is 10.0 Å². The summed E-state index contributed by atoms with van der Waals surface area (Å²) >= 11 is 18.5. The number of anilines is 1. The van der Waals surface area contributed by atoms with E-state index in [9.17, 15) is 4.79 Å². The van der Waals surface area contributed by atoms with Crippen LogP contribution in [0.3, 0.4) is 0 Å². The average Bonchev–Trinajstić information content (AvgIpc) is 2.89. The van der Waals surface area contributed by atoms with Crippen molar-refractivity contribution in [3.63, 3.8) is 0 Å². The number of rotatable bonds is 2. The van der Waals surface area contributed by atoms with Crippen molar-refractivity contribution in [2.75, 3.05) is 5.32 Å². The first-order valence-corrected chi connectivity index (χ1v) is 8.44. The molecule has 0 unspecified atom stereocenters. The number of amides is 1. The van der Waals surface area contributed by atoms with Crippen LogP contribution < -0.4 is 10.6 Å². The molecule has 2 N–H and O–H groups in total. The molecule has 1 aromatic heterocycles. The number of benzene rings is 2. The number of fused-ring (bicyclic) bond motifs is 1. The minimum atomic E-state index is -0.282. The Hall–Kier alpha value is -1.73. The van der Waals surface area contributed by atoms with Gasteiger partial charge in [-0.15, -0.1) is 0 Å². The lowest BCUT2D eigenvalue weighted by Crippen LogP contribution is -2.34. The second kappa shape index (κ2) is 6.80. The molecule has 0 saturated carbocycles. The van der Waals surface area contributed by atoms with Gasteiger partial charge < -0.3 is 5.32 Å². The minimum Gasteiger partial charge on any atom is -0.308 e. The Labute approximate surface area is 151 Å². The van der Waals surface area contributed by atoms with Gasteiger partial charge in [0.15, 0.2) is 10.2 Å². The van der Waals surface area contributed by atoms with Crippen LogP contribution in [-0.4, -0.2) is 16.0 Å². The van der Waals surface area contributed by atoms with Gasteiger partial charge in [-0.05, 0) is 36.5 Å². The van der Waals surface area contributed by atoms with E-state index in [2.05, 4.69) is 15.6 Å². The molecular weight excluding hydrogens is 373 g/mol.